The molecule has 0 bridgehead atoms. The molecule has 1 aliphatic rings. The van der Waals surface area contributed by atoms with Crippen LogP contribution in [-0.2, 0) is 0 Å². The highest BCUT2D eigenvalue weighted by Gasteiger charge is 2.26. The summed E-state index contributed by atoms with van der Waals surface area (Å²) in [6.07, 6.45) is 2.45. The van der Waals surface area contributed by atoms with Crippen LogP contribution < -0.4 is 5.73 Å². The molecule has 1 heterocycles. The van der Waals surface area contributed by atoms with Gasteiger partial charge in [-0.15, -0.1) is 0 Å². The van der Waals surface area contributed by atoms with Crippen molar-refractivity contribution in [1.29, 1.82) is 0 Å². The summed E-state index contributed by atoms with van der Waals surface area (Å²) in [5, 5.41) is 0. The molecule has 0 amide bonds. The van der Waals surface area contributed by atoms with E-state index in [1.54, 1.807) is 6.07 Å². The number of anilines is 1. The molecule has 2 N–H and O–H groups in total. The molecule has 11 heavy (non-hydrogen) atoms. The summed E-state index contributed by atoms with van der Waals surface area (Å²) >= 11 is 0. The maximum absolute atomic E-state index is 5.57. The van der Waals surface area contributed by atoms with E-state index >= 15 is 0 Å². The average molecular weight is 149 g/mol. The summed E-state index contributed by atoms with van der Waals surface area (Å²) in [6, 6.07) is 1.80. The maximum Gasteiger partial charge on any atom is 0.134 e. The van der Waals surface area contributed by atoms with Crippen LogP contribution in [0.15, 0.2) is 6.07 Å². The van der Waals surface area contributed by atoms with Crippen molar-refractivity contribution in [2.24, 2.45) is 0 Å². The first-order chi connectivity index (χ1) is 5.25. The van der Waals surface area contributed by atoms with Gasteiger partial charge in [0, 0.05) is 17.7 Å². The summed E-state index contributed by atoms with van der Waals surface area (Å²) in [6.45, 7) is 1.95. The molecule has 58 valence electrons. The van der Waals surface area contributed by atoms with E-state index in [1.165, 1.54) is 12.8 Å². The smallest absolute Gasteiger partial charge is 0.134 e. The molecule has 3 nitrogen and oxygen atoms in total. The van der Waals surface area contributed by atoms with Crippen LogP contribution in [0.3, 0.4) is 0 Å². The Morgan fingerprint density at radius 1 is 1.45 bits per heavy atom. The first-order valence-electron chi connectivity index (χ1n) is 3.87. The molecule has 3 heteroatoms. The lowest BCUT2D eigenvalue weighted by molar-refractivity contribution is 0.911. The Bertz CT molecular complexity index is 258. The molecule has 0 unspecified atom stereocenters. The Hall–Kier alpha value is -1.12. The van der Waals surface area contributed by atoms with Crippen molar-refractivity contribution in [3.8, 4) is 0 Å². The minimum atomic E-state index is 0.595. The van der Waals surface area contributed by atoms with Crippen LogP contribution in [0.25, 0.3) is 0 Å². The highest BCUT2D eigenvalue weighted by molar-refractivity contribution is 5.30. The van der Waals surface area contributed by atoms with E-state index in [0.29, 0.717) is 11.7 Å². The fourth-order valence-corrected chi connectivity index (χ4v) is 1.14. The number of aryl methyl sites for hydroxylation is 1. The number of aromatic nitrogens is 2. The number of nitrogens with zero attached hydrogens (tertiary/aromatic N) is 2. The van der Waals surface area contributed by atoms with Crippen LogP contribution in [0.4, 0.5) is 5.82 Å². The van der Waals surface area contributed by atoms with E-state index < -0.39 is 0 Å². The van der Waals surface area contributed by atoms with Gasteiger partial charge in [0.05, 0.1) is 0 Å². The number of nitrogen functional groups attached to an aromatic ring is 1. The minimum Gasteiger partial charge on any atom is -0.384 e. The zero-order valence-corrected chi connectivity index (χ0v) is 6.54. The van der Waals surface area contributed by atoms with Crippen molar-refractivity contribution in [2.45, 2.75) is 25.7 Å². The first kappa shape index (κ1) is 6.58. The van der Waals surface area contributed by atoms with E-state index in [2.05, 4.69) is 9.97 Å². The van der Waals surface area contributed by atoms with Gasteiger partial charge in [0.15, 0.2) is 0 Å². The molecule has 0 aromatic carbocycles. The van der Waals surface area contributed by atoms with Gasteiger partial charge in [-0.2, -0.15) is 0 Å². The van der Waals surface area contributed by atoms with Gasteiger partial charge in [-0.3, -0.25) is 0 Å². The average Bonchev–Trinajstić information content (AvgIpc) is 2.64. The van der Waals surface area contributed by atoms with Crippen LogP contribution in [0.2, 0.25) is 0 Å². The second-order valence-electron chi connectivity index (χ2n) is 3.07. The third-order valence-corrected chi connectivity index (χ3v) is 1.83. The van der Waals surface area contributed by atoms with Gasteiger partial charge < -0.3 is 5.73 Å². The van der Waals surface area contributed by atoms with Crippen molar-refractivity contribution in [3.63, 3.8) is 0 Å². The second kappa shape index (κ2) is 2.19. The molecule has 0 aliphatic heterocycles. The number of nitrogens with two attached hydrogens (primary N) is 1. The third kappa shape index (κ3) is 1.31. The summed E-state index contributed by atoms with van der Waals surface area (Å²) in [4.78, 5) is 8.47. The molecular weight excluding hydrogens is 138 g/mol. The first-order valence-corrected chi connectivity index (χ1v) is 3.87. The van der Waals surface area contributed by atoms with Crippen LogP contribution in [0.5, 0.6) is 0 Å². The molecule has 0 atom stereocenters. The summed E-state index contributed by atoms with van der Waals surface area (Å²) < 4.78 is 0. The molecular formula is C8H11N3. The van der Waals surface area contributed by atoms with Crippen molar-refractivity contribution < 1.29 is 0 Å². The molecule has 0 saturated heterocycles. The highest BCUT2D eigenvalue weighted by atomic mass is 15.0. The molecule has 1 aromatic rings. The Kier molecular flexibility index (Phi) is 1.31. The van der Waals surface area contributed by atoms with Gasteiger partial charge in [-0.05, 0) is 19.8 Å². The van der Waals surface area contributed by atoms with E-state index in [-0.39, 0.29) is 0 Å². The molecule has 1 aromatic heterocycles. The zero-order chi connectivity index (χ0) is 7.84. The standard InChI is InChI=1S/C8H11N3/c1-5-4-7(9)11-8(10-5)6-2-3-6/h4,6H,2-3H2,1H3,(H2,9,10,11). The summed E-state index contributed by atoms with van der Waals surface area (Å²) in [7, 11) is 0. The van der Waals surface area contributed by atoms with Gasteiger partial charge in [0.25, 0.3) is 0 Å². The molecule has 2 rings (SSSR count). The highest BCUT2D eigenvalue weighted by Crippen LogP contribution is 2.38. The Morgan fingerprint density at radius 3 is 2.73 bits per heavy atom. The Labute approximate surface area is 65.7 Å². The monoisotopic (exact) mass is 149 g/mol. The van der Waals surface area contributed by atoms with E-state index in [1.807, 2.05) is 6.92 Å². The topological polar surface area (TPSA) is 51.8 Å². The lowest BCUT2D eigenvalue weighted by Crippen LogP contribution is -1.99. The fourth-order valence-electron chi connectivity index (χ4n) is 1.14. The number of hydrogen-bond acceptors (Lipinski definition) is 3. The SMILES string of the molecule is Cc1cc(N)nc(C2CC2)n1. The van der Waals surface area contributed by atoms with Gasteiger partial charge in [-0.1, -0.05) is 0 Å². The lowest BCUT2D eigenvalue weighted by atomic mass is 10.3. The molecule has 1 saturated carbocycles. The zero-order valence-electron chi connectivity index (χ0n) is 6.54. The number of hydrogen-bond donors (Lipinski definition) is 1. The van der Waals surface area contributed by atoms with E-state index in [4.69, 9.17) is 5.73 Å². The normalized spacial score (nSPS) is 16.8. The predicted octanol–water partition coefficient (Wildman–Crippen LogP) is 1.24. The molecule has 1 aliphatic carbocycles. The van der Waals surface area contributed by atoms with Gasteiger partial charge in [0.1, 0.15) is 11.6 Å². The fraction of sp³-hybridized carbons (Fsp3) is 0.500. The minimum absolute atomic E-state index is 0.595. The van der Waals surface area contributed by atoms with Crippen molar-refractivity contribution in [3.05, 3.63) is 17.6 Å². The van der Waals surface area contributed by atoms with Gasteiger partial charge >= 0.3 is 0 Å². The van der Waals surface area contributed by atoms with Crippen LogP contribution in [0.1, 0.15) is 30.3 Å². The molecule has 1 fully saturated rings. The van der Waals surface area contributed by atoms with Crippen molar-refractivity contribution >= 4 is 5.82 Å². The predicted molar refractivity (Wildman–Crippen MR) is 43.2 cm³/mol. The summed E-state index contributed by atoms with van der Waals surface area (Å²) in [5.74, 6) is 2.12. The van der Waals surface area contributed by atoms with E-state index in [9.17, 15) is 0 Å². The second-order valence-corrected chi connectivity index (χ2v) is 3.07. The maximum atomic E-state index is 5.57. The summed E-state index contributed by atoms with van der Waals surface area (Å²) in [5.41, 5.74) is 6.55. The van der Waals surface area contributed by atoms with Gasteiger partial charge in [-0.25, -0.2) is 9.97 Å². The van der Waals surface area contributed by atoms with Crippen LogP contribution in [0, 0.1) is 6.92 Å². The van der Waals surface area contributed by atoms with Crippen LogP contribution in [-0.4, -0.2) is 9.97 Å². The third-order valence-electron chi connectivity index (χ3n) is 1.83. The number of rotatable bonds is 1. The quantitative estimate of drug-likeness (QED) is 0.653. The van der Waals surface area contributed by atoms with Crippen molar-refractivity contribution in [1.82, 2.24) is 9.97 Å². The van der Waals surface area contributed by atoms with Crippen molar-refractivity contribution in [2.75, 3.05) is 5.73 Å². The van der Waals surface area contributed by atoms with Gasteiger partial charge in [0.2, 0.25) is 0 Å². The largest absolute Gasteiger partial charge is 0.384 e. The molecule has 0 radical (unpaired) electrons. The van der Waals surface area contributed by atoms with E-state index in [0.717, 1.165) is 11.5 Å². The Morgan fingerprint density at radius 2 is 2.18 bits per heavy atom. The Balaban J connectivity index is 2.39. The lowest BCUT2D eigenvalue weighted by Gasteiger charge is -1.99. The molecule has 0 spiro atoms. The van der Waals surface area contributed by atoms with Crippen LogP contribution >= 0.6 is 0 Å².